The maximum Gasteiger partial charge on any atom is 0.241 e. The standard InChI is InChI=1S/C23H29Cl2N3O3/c1-16-14-21(22(30-3)15-20(16)25)26-23(29)17(2)28-10-8-27(9-11-28)12-13-31-19-6-4-18(24)5-7-19/h4-7,14-15,17H,8-13H2,1-3H3,(H,26,29)/t17-/m0/s1. The van der Waals surface area contributed by atoms with Crippen molar-refractivity contribution in [3.63, 3.8) is 0 Å². The summed E-state index contributed by atoms with van der Waals surface area (Å²) < 4.78 is 11.1. The average molecular weight is 466 g/mol. The van der Waals surface area contributed by atoms with Gasteiger partial charge in [-0.2, -0.15) is 0 Å². The van der Waals surface area contributed by atoms with Crippen molar-refractivity contribution in [1.82, 2.24) is 9.80 Å². The molecule has 0 radical (unpaired) electrons. The quantitative estimate of drug-likeness (QED) is 0.628. The maximum absolute atomic E-state index is 12.8. The number of ether oxygens (including phenoxy) is 2. The van der Waals surface area contributed by atoms with Crippen LogP contribution in [0.2, 0.25) is 10.0 Å². The lowest BCUT2D eigenvalue weighted by molar-refractivity contribution is -0.121. The molecule has 0 saturated carbocycles. The van der Waals surface area contributed by atoms with Crippen LogP contribution in [0.25, 0.3) is 0 Å². The highest BCUT2D eigenvalue weighted by molar-refractivity contribution is 6.31. The molecule has 1 fully saturated rings. The molecule has 1 amide bonds. The molecule has 0 aliphatic carbocycles. The van der Waals surface area contributed by atoms with E-state index in [0.29, 0.717) is 28.1 Å². The van der Waals surface area contributed by atoms with E-state index in [1.165, 1.54) is 0 Å². The molecule has 0 unspecified atom stereocenters. The molecule has 3 rings (SSSR count). The molecule has 31 heavy (non-hydrogen) atoms. The number of carbonyl (C=O) groups is 1. The average Bonchev–Trinajstić information content (AvgIpc) is 2.77. The van der Waals surface area contributed by atoms with Gasteiger partial charge in [0.15, 0.2) is 0 Å². The Hall–Kier alpha value is -1.99. The van der Waals surface area contributed by atoms with E-state index in [9.17, 15) is 4.79 Å². The zero-order chi connectivity index (χ0) is 22.4. The molecule has 2 aromatic rings. The number of methoxy groups -OCH3 is 1. The van der Waals surface area contributed by atoms with Crippen LogP contribution >= 0.6 is 23.2 Å². The van der Waals surface area contributed by atoms with Crippen molar-refractivity contribution in [2.24, 2.45) is 0 Å². The summed E-state index contributed by atoms with van der Waals surface area (Å²) >= 11 is 12.1. The third-order valence-electron chi connectivity index (χ3n) is 5.56. The van der Waals surface area contributed by atoms with Crippen molar-refractivity contribution in [3.05, 3.63) is 52.0 Å². The lowest BCUT2D eigenvalue weighted by Gasteiger charge is -2.37. The molecule has 168 valence electrons. The SMILES string of the molecule is COc1cc(Cl)c(C)cc1NC(=O)[C@H](C)N1CCN(CCOc2ccc(Cl)cc2)CC1. The van der Waals surface area contributed by atoms with Crippen LogP contribution in [0.4, 0.5) is 5.69 Å². The highest BCUT2D eigenvalue weighted by Gasteiger charge is 2.26. The van der Waals surface area contributed by atoms with Crippen molar-refractivity contribution in [2.45, 2.75) is 19.9 Å². The molecule has 8 heteroatoms. The van der Waals surface area contributed by atoms with Gasteiger partial charge in [-0.25, -0.2) is 0 Å². The Labute approximate surface area is 194 Å². The van der Waals surface area contributed by atoms with Gasteiger partial charge >= 0.3 is 0 Å². The predicted octanol–water partition coefficient (Wildman–Crippen LogP) is 4.33. The first-order valence-corrected chi connectivity index (χ1v) is 11.1. The molecule has 1 saturated heterocycles. The minimum absolute atomic E-state index is 0.0560. The number of nitrogens with zero attached hydrogens (tertiary/aromatic N) is 2. The molecule has 0 spiro atoms. The van der Waals surface area contributed by atoms with Crippen LogP contribution in [0.5, 0.6) is 11.5 Å². The molecule has 6 nitrogen and oxygen atoms in total. The van der Waals surface area contributed by atoms with Gasteiger partial charge in [0.2, 0.25) is 5.91 Å². The van der Waals surface area contributed by atoms with Gasteiger partial charge in [-0.15, -0.1) is 0 Å². The number of aryl methyl sites for hydroxylation is 1. The van der Waals surface area contributed by atoms with Gasteiger partial charge in [-0.3, -0.25) is 14.6 Å². The largest absolute Gasteiger partial charge is 0.495 e. The van der Waals surface area contributed by atoms with Gasteiger partial charge in [-0.1, -0.05) is 23.2 Å². The van der Waals surface area contributed by atoms with E-state index >= 15 is 0 Å². The highest BCUT2D eigenvalue weighted by atomic mass is 35.5. The van der Waals surface area contributed by atoms with E-state index in [1.54, 1.807) is 13.2 Å². The van der Waals surface area contributed by atoms with E-state index in [4.69, 9.17) is 32.7 Å². The molecule has 0 bridgehead atoms. The van der Waals surface area contributed by atoms with Gasteiger partial charge in [0, 0.05) is 48.8 Å². The minimum atomic E-state index is -0.242. The molecule has 1 aliphatic rings. The summed E-state index contributed by atoms with van der Waals surface area (Å²) in [4.78, 5) is 17.4. The fraction of sp³-hybridized carbons (Fsp3) is 0.435. The number of hydrogen-bond acceptors (Lipinski definition) is 5. The van der Waals surface area contributed by atoms with E-state index in [1.807, 2.05) is 44.2 Å². The lowest BCUT2D eigenvalue weighted by atomic mass is 10.1. The third-order valence-corrected chi connectivity index (χ3v) is 6.22. The molecule has 1 atom stereocenters. The molecule has 1 N–H and O–H groups in total. The first-order chi connectivity index (χ1) is 14.9. The van der Waals surface area contributed by atoms with Crippen LogP contribution in [0.3, 0.4) is 0 Å². The van der Waals surface area contributed by atoms with Gasteiger partial charge in [0.1, 0.15) is 18.1 Å². The number of halogens is 2. The fourth-order valence-corrected chi connectivity index (χ4v) is 3.81. The van der Waals surface area contributed by atoms with E-state index < -0.39 is 0 Å². The number of nitrogens with one attached hydrogen (secondary N) is 1. The highest BCUT2D eigenvalue weighted by Crippen LogP contribution is 2.31. The first-order valence-electron chi connectivity index (χ1n) is 10.4. The Balaban J connectivity index is 1.45. The van der Waals surface area contributed by atoms with Crippen LogP contribution in [-0.2, 0) is 4.79 Å². The summed E-state index contributed by atoms with van der Waals surface area (Å²) in [5.41, 5.74) is 1.53. The summed E-state index contributed by atoms with van der Waals surface area (Å²) in [6, 6.07) is 10.7. The van der Waals surface area contributed by atoms with Crippen molar-refractivity contribution in [1.29, 1.82) is 0 Å². The van der Waals surface area contributed by atoms with Crippen LogP contribution in [0.1, 0.15) is 12.5 Å². The Morgan fingerprint density at radius 3 is 2.45 bits per heavy atom. The molecule has 1 heterocycles. The normalized spacial score (nSPS) is 16.0. The van der Waals surface area contributed by atoms with Crippen LogP contribution < -0.4 is 14.8 Å². The monoisotopic (exact) mass is 465 g/mol. The number of carbonyl (C=O) groups excluding carboxylic acids is 1. The fourth-order valence-electron chi connectivity index (χ4n) is 3.53. The number of amides is 1. The number of benzene rings is 2. The van der Waals surface area contributed by atoms with E-state index in [-0.39, 0.29) is 11.9 Å². The summed E-state index contributed by atoms with van der Waals surface area (Å²) in [5, 5.41) is 4.30. The zero-order valence-corrected chi connectivity index (χ0v) is 19.7. The molecule has 0 aromatic heterocycles. The van der Waals surface area contributed by atoms with E-state index in [2.05, 4.69) is 15.1 Å². The second kappa shape index (κ2) is 11.0. The van der Waals surface area contributed by atoms with Gasteiger partial charge < -0.3 is 14.8 Å². The van der Waals surface area contributed by atoms with Crippen LogP contribution in [-0.4, -0.2) is 68.2 Å². The molecular weight excluding hydrogens is 437 g/mol. The van der Waals surface area contributed by atoms with Crippen molar-refractivity contribution in [2.75, 3.05) is 51.8 Å². The topological polar surface area (TPSA) is 54.0 Å². The van der Waals surface area contributed by atoms with E-state index in [0.717, 1.165) is 44.0 Å². The number of rotatable bonds is 8. The van der Waals surface area contributed by atoms with Crippen molar-refractivity contribution in [3.8, 4) is 11.5 Å². The second-order valence-corrected chi connectivity index (χ2v) is 8.49. The van der Waals surface area contributed by atoms with Crippen LogP contribution in [0.15, 0.2) is 36.4 Å². The summed E-state index contributed by atoms with van der Waals surface area (Å²) in [7, 11) is 1.57. The Kier molecular flexibility index (Phi) is 8.43. The summed E-state index contributed by atoms with van der Waals surface area (Å²) in [6.45, 7) is 8.74. The van der Waals surface area contributed by atoms with Gasteiger partial charge in [0.05, 0.1) is 18.8 Å². The van der Waals surface area contributed by atoms with Crippen LogP contribution in [0, 0.1) is 6.92 Å². The third kappa shape index (κ3) is 6.50. The Bertz CT molecular complexity index is 884. The van der Waals surface area contributed by atoms with Gasteiger partial charge in [0.25, 0.3) is 0 Å². The molecule has 1 aliphatic heterocycles. The number of anilines is 1. The summed E-state index contributed by atoms with van der Waals surface area (Å²) in [5.74, 6) is 1.32. The Morgan fingerprint density at radius 1 is 1.13 bits per heavy atom. The van der Waals surface area contributed by atoms with Crippen molar-refractivity contribution < 1.29 is 14.3 Å². The lowest BCUT2D eigenvalue weighted by Crippen LogP contribution is -2.53. The predicted molar refractivity (Wildman–Crippen MR) is 126 cm³/mol. The van der Waals surface area contributed by atoms with Crippen molar-refractivity contribution >= 4 is 34.8 Å². The smallest absolute Gasteiger partial charge is 0.241 e. The molecular formula is C23H29Cl2N3O3. The Morgan fingerprint density at radius 2 is 1.81 bits per heavy atom. The first kappa shape index (κ1) is 23.7. The zero-order valence-electron chi connectivity index (χ0n) is 18.2. The number of hydrogen-bond donors (Lipinski definition) is 1. The second-order valence-electron chi connectivity index (χ2n) is 7.65. The maximum atomic E-state index is 12.8. The molecule has 2 aromatic carbocycles. The minimum Gasteiger partial charge on any atom is -0.495 e. The van der Waals surface area contributed by atoms with Gasteiger partial charge in [-0.05, 0) is 49.7 Å². The number of piperazine rings is 1. The summed E-state index contributed by atoms with van der Waals surface area (Å²) in [6.07, 6.45) is 0.